The Labute approximate surface area is 113 Å². The zero-order valence-electron chi connectivity index (χ0n) is 12.5. The number of ether oxygens (including phenoxy) is 1. The van der Waals surface area contributed by atoms with Crippen LogP contribution >= 0.6 is 0 Å². The van der Waals surface area contributed by atoms with Gasteiger partial charge in [0.1, 0.15) is 6.04 Å². The predicted octanol–water partition coefficient (Wildman–Crippen LogP) is 1.65. The number of nitrogens with one attached hydrogen (secondary N) is 1. The third-order valence-corrected chi connectivity index (χ3v) is 2.73. The van der Waals surface area contributed by atoms with Gasteiger partial charge in [-0.15, -0.1) is 0 Å². The van der Waals surface area contributed by atoms with Gasteiger partial charge in [0, 0.05) is 5.41 Å². The number of hydrogen-bond donors (Lipinski definition) is 1. The molecule has 1 rings (SSSR count). The molecule has 0 aliphatic rings. The fourth-order valence-corrected chi connectivity index (χ4v) is 1.55. The van der Waals surface area contributed by atoms with E-state index < -0.39 is 0 Å². The van der Waals surface area contributed by atoms with E-state index in [0.717, 1.165) is 0 Å². The molecule has 1 unspecified atom stereocenters. The van der Waals surface area contributed by atoms with E-state index in [2.05, 4.69) is 15.5 Å². The van der Waals surface area contributed by atoms with Crippen molar-refractivity contribution in [3.05, 3.63) is 11.7 Å². The van der Waals surface area contributed by atoms with Crippen LogP contribution in [0.2, 0.25) is 0 Å². The minimum atomic E-state index is -0.380. The number of hydrogen-bond acceptors (Lipinski definition) is 6. The van der Waals surface area contributed by atoms with E-state index in [1.165, 1.54) is 7.11 Å². The number of methoxy groups -OCH3 is 1. The topological polar surface area (TPSA) is 77.2 Å². The molecule has 0 aliphatic carbocycles. The Morgan fingerprint density at radius 2 is 2.05 bits per heavy atom. The zero-order valence-corrected chi connectivity index (χ0v) is 12.5. The zero-order chi connectivity index (χ0) is 14.6. The third kappa shape index (κ3) is 4.31. The molecule has 1 aromatic heterocycles. The standard InChI is InChI=1S/C13H23N3O3/c1-8(2)10(11(17)18-6)14-7-9-15-12(16-19-9)13(3,4)5/h8,10,14H,7H2,1-6H3. The molecule has 0 fully saturated rings. The average molecular weight is 269 g/mol. The molecule has 6 nitrogen and oxygen atoms in total. The van der Waals surface area contributed by atoms with Gasteiger partial charge in [-0.3, -0.25) is 10.1 Å². The highest BCUT2D eigenvalue weighted by Crippen LogP contribution is 2.18. The second-order valence-electron chi connectivity index (χ2n) is 5.89. The Kier molecular flexibility index (Phi) is 5.05. The van der Waals surface area contributed by atoms with Crippen molar-refractivity contribution in [1.82, 2.24) is 15.5 Å². The summed E-state index contributed by atoms with van der Waals surface area (Å²) >= 11 is 0. The quantitative estimate of drug-likeness (QED) is 0.819. The van der Waals surface area contributed by atoms with E-state index in [1.54, 1.807) is 0 Å². The second kappa shape index (κ2) is 6.14. The highest BCUT2D eigenvalue weighted by Gasteiger charge is 2.24. The van der Waals surface area contributed by atoms with Crippen LogP contribution < -0.4 is 5.32 Å². The van der Waals surface area contributed by atoms with E-state index in [4.69, 9.17) is 9.26 Å². The molecule has 1 N–H and O–H groups in total. The number of aromatic nitrogens is 2. The van der Waals surface area contributed by atoms with Gasteiger partial charge in [0.25, 0.3) is 0 Å². The Balaban J connectivity index is 2.65. The van der Waals surface area contributed by atoms with Crippen molar-refractivity contribution < 1.29 is 14.1 Å². The molecule has 6 heteroatoms. The summed E-state index contributed by atoms with van der Waals surface area (Å²) < 4.78 is 9.91. The maximum Gasteiger partial charge on any atom is 0.323 e. The van der Waals surface area contributed by atoms with E-state index in [9.17, 15) is 4.79 Å². The summed E-state index contributed by atoms with van der Waals surface area (Å²) in [6.45, 7) is 10.3. The number of esters is 1. The first-order chi connectivity index (χ1) is 8.75. The average Bonchev–Trinajstić information content (AvgIpc) is 2.76. The van der Waals surface area contributed by atoms with Crippen molar-refractivity contribution in [2.45, 2.75) is 52.6 Å². The van der Waals surface area contributed by atoms with Gasteiger partial charge in [-0.05, 0) is 5.92 Å². The summed E-state index contributed by atoms with van der Waals surface area (Å²) in [6.07, 6.45) is 0. The maximum atomic E-state index is 11.6. The molecule has 0 aliphatic heterocycles. The van der Waals surface area contributed by atoms with Crippen LogP contribution in [0.1, 0.15) is 46.3 Å². The molecule has 0 saturated carbocycles. The van der Waals surface area contributed by atoms with Crippen molar-refractivity contribution in [3.63, 3.8) is 0 Å². The molecule has 19 heavy (non-hydrogen) atoms. The maximum absolute atomic E-state index is 11.6. The second-order valence-corrected chi connectivity index (χ2v) is 5.89. The van der Waals surface area contributed by atoms with Gasteiger partial charge >= 0.3 is 5.97 Å². The molecule has 0 spiro atoms. The smallest absolute Gasteiger partial charge is 0.323 e. The Morgan fingerprint density at radius 1 is 1.42 bits per heavy atom. The van der Waals surface area contributed by atoms with E-state index in [-0.39, 0.29) is 23.3 Å². The summed E-state index contributed by atoms with van der Waals surface area (Å²) in [5, 5.41) is 7.01. The first kappa shape index (κ1) is 15.6. The molecule has 108 valence electrons. The minimum absolute atomic E-state index is 0.123. The monoisotopic (exact) mass is 269 g/mol. The van der Waals surface area contributed by atoms with Gasteiger partial charge in [-0.1, -0.05) is 39.8 Å². The lowest BCUT2D eigenvalue weighted by Crippen LogP contribution is -2.41. The van der Waals surface area contributed by atoms with Gasteiger partial charge in [-0.25, -0.2) is 0 Å². The fraction of sp³-hybridized carbons (Fsp3) is 0.769. The third-order valence-electron chi connectivity index (χ3n) is 2.73. The highest BCUT2D eigenvalue weighted by molar-refractivity contribution is 5.75. The van der Waals surface area contributed by atoms with E-state index >= 15 is 0 Å². The van der Waals surface area contributed by atoms with Crippen molar-refractivity contribution in [2.75, 3.05) is 7.11 Å². The number of carbonyl (C=O) groups is 1. The molecule has 0 radical (unpaired) electrons. The summed E-state index contributed by atoms with van der Waals surface area (Å²) in [6, 6.07) is -0.380. The van der Waals surface area contributed by atoms with Crippen LogP contribution in [0.15, 0.2) is 4.52 Å². The highest BCUT2D eigenvalue weighted by atomic mass is 16.5. The van der Waals surface area contributed by atoms with Crippen LogP contribution in [-0.4, -0.2) is 29.3 Å². The van der Waals surface area contributed by atoms with Crippen LogP contribution in [0.4, 0.5) is 0 Å². The van der Waals surface area contributed by atoms with Gasteiger partial charge in [0.15, 0.2) is 5.82 Å². The number of carbonyl (C=O) groups excluding carboxylic acids is 1. The minimum Gasteiger partial charge on any atom is -0.468 e. The summed E-state index contributed by atoms with van der Waals surface area (Å²) in [7, 11) is 1.38. The Bertz CT molecular complexity index is 421. The molecule has 0 amide bonds. The SMILES string of the molecule is COC(=O)C(NCc1nc(C(C)(C)C)no1)C(C)C. The van der Waals surface area contributed by atoms with Crippen molar-refractivity contribution in [3.8, 4) is 0 Å². The van der Waals surface area contributed by atoms with Crippen LogP contribution in [0.3, 0.4) is 0 Å². The van der Waals surface area contributed by atoms with Gasteiger partial charge in [0.05, 0.1) is 13.7 Å². The molecular formula is C13H23N3O3. The van der Waals surface area contributed by atoms with Gasteiger partial charge in [0.2, 0.25) is 5.89 Å². The molecular weight excluding hydrogens is 246 g/mol. The van der Waals surface area contributed by atoms with E-state index in [0.29, 0.717) is 18.3 Å². The Morgan fingerprint density at radius 3 is 2.47 bits per heavy atom. The molecule has 1 atom stereocenters. The predicted molar refractivity (Wildman–Crippen MR) is 70.5 cm³/mol. The van der Waals surface area contributed by atoms with Crippen molar-refractivity contribution >= 4 is 5.97 Å². The van der Waals surface area contributed by atoms with Gasteiger partial charge in [-0.2, -0.15) is 4.98 Å². The van der Waals surface area contributed by atoms with E-state index in [1.807, 2.05) is 34.6 Å². The normalized spacial score (nSPS) is 13.6. The van der Waals surface area contributed by atoms with Gasteiger partial charge < -0.3 is 9.26 Å². The summed E-state index contributed by atoms with van der Waals surface area (Å²) in [5.74, 6) is 0.964. The van der Waals surface area contributed by atoms with Crippen LogP contribution in [0.25, 0.3) is 0 Å². The van der Waals surface area contributed by atoms with Crippen molar-refractivity contribution in [2.24, 2.45) is 5.92 Å². The fourth-order valence-electron chi connectivity index (χ4n) is 1.55. The first-order valence-electron chi connectivity index (χ1n) is 6.40. The first-order valence-corrected chi connectivity index (χ1v) is 6.40. The van der Waals surface area contributed by atoms with Crippen LogP contribution in [0, 0.1) is 5.92 Å². The number of nitrogens with zero attached hydrogens (tertiary/aromatic N) is 2. The van der Waals surface area contributed by atoms with Crippen LogP contribution in [0.5, 0.6) is 0 Å². The molecule has 1 heterocycles. The lowest BCUT2D eigenvalue weighted by Gasteiger charge is -2.18. The lowest BCUT2D eigenvalue weighted by molar-refractivity contribution is -0.144. The molecule has 0 aromatic carbocycles. The van der Waals surface area contributed by atoms with Crippen molar-refractivity contribution in [1.29, 1.82) is 0 Å². The largest absolute Gasteiger partial charge is 0.468 e. The summed E-state index contributed by atoms with van der Waals surface area (Å²) in [5.41, 5.74) is -0.151. The number of rotatable bonds is 5. The molecule has 0 bridgehead atoms. The molecule has 1 aromatic rings. The van der Waals surface area contributed by atoms with Crippen LogP contribution in [-0.2, 0) is 21.5 Å². The Hall–Kier alpha value is -1.43. The molecule has 0 saturated heterocycles. The lowest BCUT2D eigenvalue weighted by atomic mass is 9.96. The summed E-state index contributed by atoms with van der Waals surface area (Å²) in [4.78, 5) is 15.9.